The third-order valence-corrected chi connectivity index (χ3v) is 7.15. The number of hydrogen-bond acceptors (Lipinski definition) is 6. The Morgan fingerprint density at radius 1 is 1.37 bits per heavy atom. The SMILES string of the molecule is CCOCCCN1CCC(NC(=O)CCn2cnc3sc(C)c(C)c3c2=O)C(C)C1. The van der Waals surface area contributed by atoms with Gasteiger partial charge in [0.15, 0.2) is 0 Å². The van der Waals surface area contributed by atoms with Crippen molar-refractivity contribution in [2.24, 2.45) is 5.92 Å². The third-order valence-electron chi connectivity index (χ3n) is 6.04. The zero-order valence-corrected chi connectivity index (χ0v) is 19.4. The van der Waals surface area contributed by atoms with Crippen molar-refractivity contribution in [1.29, 1.82) is 0 Å². The van der Waals surface area contributed by atoms with Gasteiger partial charge in [-0.15, -0.1) is 11.3 Å². The molecule has 166 valence electrons. The summed E-state index contributed by atoms with van der Waals surface area (Å²) in [4.78, 5) is 34.0. The number of amides is 1. The molecule has 0 spiro atoms. The van der Waals surface area contributed by atoms with Gasteiger partial charge in [0.25, 0.3) is 5.56 Å². The molecule has 1 amide bonds. The number of nitrogens with one attached hydrogen (secondary N) is 1. The van der Waals surface area contributed by atoms with Gasteiger partial charge >= 0.3 is 0 Å². The Hall–Kier alpha value is -1.77. The molecule has 8 heteroatoms. The minimum absolute atomic E-state index is 0.00173. The smallest absolute Gasteiger partial charge is 0.262 e. The van der Waals surface area contributed by atoms with E-state index in [1.54, 1.807) is 22.2 Å². The van der Waals surface area contributed by atoms with Gasteiger partial charge in [-0.05, 0) is 45.1 Å². The molecule has 0 bridgehead atoms. The Morgan fingerprint density at radius 3 is 2.90 bits per heavy atom. The van der Waals surface area contributed by atoms with Crippen molar-refractivity contribution >= 4 is 27.5 Å². The molecule has 0 saturated carbocycles. The van der Waals surface area contributed by atoms with Crippen LogP contribution in [0.1, 0.15) is 43.6 Å². The monoisotopic (exact) mass is 434 g/mol. The number of thiophene rings is 1. The van der Waals surface area contributed by atoms with Gasteiger partial charge in [-0.1, -0.05) is 6.92 Å². The number of rotatable bonds is 9. The van der Waals surface area contributed by atoms with Gasteiger partial charge in [0.1, 0.15) is 4.83 Å². The maximum Gasteiger partial charge on any atom is 0.262 e. The van der Waals surface area contributed by atoms with Crippen LogP contribution in [-0.2, 0) is 16.1 Å². The fourth-order valence-electron chi connectivity index (χ4n) is 4.11. The number of aromatic nitrogens is 2. The summed E-state index contributed by atoms with van der Waals surface area (Å²) in [5.41, 5.74) is 0.941. The molecule has 1 fully saturated rings. The molecule has 3 heterocycles. The van der Waals surface area contributed by atoms with Crippen LogP contribution in [-0.4, -0.2) is 59.2 Å². The largest absolute Gasteiger partial charge is 0.382 e. The zero-order valence-electron chi connectivity index (χ0n) is 18.6. The van der Waals surface area contributed by atoms with E-state index in [0.717, 1.165) is 61.0 Å². The number of fused-ring (bicyclic) bond motifs is 1. The van der Waals surface area contributed by atoms with Gasteiger partial charge < -0.3 is 15.0 Å². The van der Waals surface area contributed by atoms with E-state index >= 15 is 0 Å². The summed E-state index contributed by atoms with van der Waals surface area (Å²) >= 11 is 1.54. The lowest BCUT2D eigenvalue weighted by atomic mass is 9.93. The van der Waals surface area contributed by atoms with Crippen LogP contribution in [0.3, 0.4) is 0 Å². The number of carbonyl (C=O) groups is 1. The number of nitrogens with zero attached hydrogens (tertiary/aromatic N) is 3. The molecule has 1 saturated heterocycles. The summed E-state index contributed by atoms with van der Waals surface area (Å²) in [6, 6.07) is 0.194. The second kappa shape index (κ2) is 10.5. The zero-order chi connectivity index (χ0) is 21.7. The maximum atomic E-state index is 12.8. The first kappa shape index (κ1) is 22.9. The minimum Gasteiger partial charge on any atom is -0.382 e. The van der Waals surface area contributed by atoms with E-state index in [2.05, 4.69) is 22.1 Å². The molecule has 2 aromatic heterocycles. The Bertz CT molecular complexity index is 923. The fourth-order valence-corrected chi connectivity index (χ4v) is 5.10. The van der Waals surface area contributed by atoms with Crippen LogP contribution in [0.2, 0.25) is 0 Å². The minimum atomic E-state index is -0.0524. The first-order valence-electron chi connectivity index (χ1n) is 10.9. The molecule has 0 radical (unpaired) electrons. The van der Waals surface area contributed by atoms with Crippen LogP contribution in [0.15, 0.2) is 11.1 Å². The average Bonchev–Trinajstić information content (AvgIpc) is 3.01. The Kier molecular flexibility index (Phi) is 8.02. The van der Waals surface area contributed by atoms with Crippen LogP contribution < -0.4 is 10.9 Å². The van der Waals surface area contributed by atoms with Crippen LogP contribution in [0.5, 0.6) is 0 Å². The van der Waals surface area contributed by atoms with Crippen LogP contribution in [0, 0.1) is 19.8 Å². The van der Waals surface area contributed by atoms with Crippen molar-refractivity contribution < 1.29 is 9.53 Å². The van der Waals surface area contributed by atoms with Gasteiger partial charge in [-0.2, -0.15) is 0 Å². The molecular formula is C22H34N4O3S. The maximum absolute atomic E-state index is 12.8. The molecule has 1 aliphatic rings. The second-order valence-electron chi connectivity index (χ2n) is 8.25. The standard InChI is InChI=1S/C22H34N4O3S/c1-5-29-12-6-9-25-10-7-18(15(2)13-25)24-19(27)8-11-26-14-23-21-20(22(26)28)16(3)17(4)30-21/h14-15,18H,5-13H2,1-4H3,(H,24,27). The average molecular weight is 435 g/mol. The van der Waals surface area contributed by atoms with Crippen molar-refractivity contribution in [3.8, 4) is 0 Å². The van der Waals surface area contributed by atoms with Gasteiger partial charge in [0.05, 0.1) is 11.7 Å². The summed E-state index contributed by atoms with van der Waals surface area (Å²) in [5.74, 6) is 0.411. The molecular weight excluding hydrogens is 400 g/mol. The lowest BCUT2D eigenvalue weighted by Gasteiger charge is -2.37. The number of ether oxygens (including phenoxy) is 1. The third kappa shape index (κ3) is 5.47. The van der Waals surface area contributed by atoms with E-state index in [0.29, 0.717) is 17.8 Å². The van der Waals surface area contributed by atoms with E-state index in [4.69, 9.17) is 4.74 Å². The van der Waals surface area contributed by atoms with Crippen LogP contribution in [0.25, 0.3) is 10.2 Å². The van der Waals surface area contributed by atoms with Crippen molar-refractivity contribution in [2.45, 2.75) is 59.5 Å². The molecule has 7 nitrogen and oxygen atoms in total. The van der Waals surface area contributed by atoms with Crippen LogP contribution >= 0.6 is 11.3 Å². The highest BCUT2D eigenvalue weighted by atomic mass is 32.1. The topological polar surface area (TPSA) is 76.5 Å². The number of carbonyl (C=O) groups excluding carboxylic acids is 1. The van der Waals surface area contributed by atoms with Crippen molar-refractivity contribution in [3.05, 3.63) is 27.1 Å². The molecule has 3 rings (SSSR count). The highest BCUT2D eigenvalue weighted by Gasteiger charge is 2.26. The van der Waals surface area contributed by atoms with E-state index in [9.17, 15) is 9.59 Å². The van der Waals surface area contributed by atoms with Gasteiger partial charge in [-0.25, -0.2) is 4.98 Å². The van der Waals surface area contributed by atoms with E-state index < -0.39 is 0 Å². The normalized spacial score (nSPS) is 20.0. The summed E-state index contributed by atoms with van der Waals surface area (Å²) in [7, 11) is 0. The van der Waals surface area contributed by atoms with E-state index in [-0.39, 0.29) is 23.9 Å². The summed E-state index contributed by atoms with van der Waals surface area (Å²) < 4.78 is 6.98. The molecule has 2 atom stereocenters. The molecule has 1 N–H and O–H groups in total. The van der Waals surface area contributed by atoms with Crippen molar-refractivity contribution in [2.75, 3.05) is 32.8 Å². The molecule has 30 heavy (non-hydrogen) atoms. The number of piperidine rings is 1. The highest BCUT2D eigenvalue weighted by molar-refractivity contribution is 7.18. The van der Waals surface area contributed by atoms with Crippen LogP contribution in [0.4, 0.5) is 0 Å². The lowest BCUT2D eigenvalue weighted by molar-refractivity contribution is -0.122. The quantitative estimate of drug-likeness (QED) is 0.614. The van der Waals surface area contributed by atoms with Gasteiger partial charge in [-0.3, -0.25) is 14.2 Å². The molecule has 2 aromatic rings. The number of aryl methyl sites for hydroxylation is 3. The molecule has 0 aromatic carbocycles. The van der Waals surface area contributed by atoms with Gasteiger partial charge in [0.2, 0.25) is 5.91 Å². The van der Waals surface area contributed by atoms with Gasteiger partial charge in [0, 0.05) is 56.7 Å². The first-order chi connectivity index (χ1) is 14.4. The summed E-state index contributed by atoms with van der Waals surface area (Å²) in [6.07, 6.45) is 3.86. The molecule has 1 aliphatic heterocycles. The second-order valence-corrected chi connectivity index (χ2v) is 9.45. The number of likely N-dealkylation sites (tertiary alicyclic amines) is 1. The highest BCUT2D eigenvalue weighted by Crippen LogP contribution is 2.25. The summed E-state index contributed by atoms with van der Waals surface area (Å²) in [5, 5.41) is 3.87. The Labute approximate surface area is 182 Å². The fraction of sp³-hybridized carbons (Fsp3) is 0.682. The predicted octanol–water partition coefficient (Wildman–Crippen LogP) is 2.72. The predicted molar refractivity (Wildman–Crippen MR) is 121 cm³/mol. The van der Waals surface area contributed by atoms with Crippen molar-refractivity contribution in [3.63, 3.8) is 0 Å². The number of hydrogen-bond donors (Lipinski definition) is 1. The van der Waals surface area contributed by atoms with E-state index in [1.165, 1.54) is 0 Å². The van der Waals surface area contributed by atoms with E-state index in [1.807, 2.05) is 20.8 Å². The van der Waals surface area contributed by atoms with Crippen molar-refractivity contribution in [1.82, 2.24) is 19.8 Å². The Morgan fingerprint density at radius 2 is 2.17 bits per heavy atom. The molecule has 0 aliphatic carbocycles. The molecule has 2 unspecified atom stereocenters. The Balaban J connectivity index is 1.48. The summed E-state index contributed by atoms with van der Waals surface area (Å²) in [6.45, 7) is 13.2. The first-order valence-corrected chi connectivity index (χ1v) is 11.8. The lowest BCUT2D eigenvalue weighted by Crippen LogP contribution is -2.50.